The lowest BCUT2D eigenvalue weighted by Crippen LogP contribution is -2.58. The van der Waals surface area contributed by atoms with Crippen LogP contribution in [0.5, 0.6) is 0 Å². The summed E-state index contributed by atoms with van der Waals surface area (Å²) in [7, 11) is -3.54. The van der Waals surface area contributed by atoms with Crippen molar-refractivity contribution in [2.75, 3.05) is 29.7 Å². The lowest BCUT2D eigenvalue weighted by molar-refractivity contribution is 0.175. The standard InChI is InChI=1S/C24H21FN4O2S2/c25-20-7-3-18(4-8-20)14-28-15-21(16-28)33(30,31)29-9-10-32-24-22(12-27-13-23(24)29)19-5-1-17(11-26)2-6-19/h1-8,12-13,21H,9-10,14-16H2. The fourth-order valence-electron chi connectivity index (χ4n) is 4.18. The molecule has 0 radical (unpaired) electrons. The Morgan fingerprint density at radius 3 is 2.52 bits per heavy atom. The molecule has 1 aromatic heterocycles. The highest BCUT2D eigenvalue weighted by molar-refractivity contribution is 8.00. The minimum atomic E-state index is -3.54. The molecule has 1 saturated heterocycles. The number of likely N-dealkylation sites (tertiary alicyclic amines) is 1. The van der Waals surface area contributed by atoms with Crippen molar-refractivity contribution in [2.45, 2.75) is 16.7 Å². The third-order valence-electron chi connectivity index (χ3n) is 5.98. The number of hydrogen-bond donors (Lipinski definition) is 0. The van der Waals surface area contributed by atoms with Gasteiger partial charge >= 0.3 is 0 Å². The largest absolute Gasteiger partial charge is 0.296 e. The maximum atomic E-state index is 13.5. The number of nitrogens with zero attached hydrogens (tertiary/aromatic N) is 4. The van der Waals surface area contributed by atoms with E-state index < -0.39 is 15.3 Å². The van der Waals surface area contributed by atoms with Gasteiger partial charge in [-0.3, -0.25) is 14.2 Å². The molecule has 3 heterocycles. The predicted octanol–water partition coefficient (Wildman–Crippen LogP) is 3.89. The number of anilines is 1. The van der Waals surface area contributed by atoms with Crippen LogP contribution >= 0.6 is 11.8 Å². The fourth-order valence-corrected chi connectivity index (χ4v) is 7.39. The molecule has 0 N–H and O–H groups in total. The summed E-state index contributed by atoms with van der Waals surface area (Å²) in [4.78, 5) is 7.29. The molecule has 2 aliphatic heterocycles. The predicted molar refractivity (Wildman–Crippen MR) is 127 cm³/mol. The first-order chi connectivity index (χ1) is 16.0. The van der Waals surface area contributed by atoms with E-state index in [1.807, 2.05) is 12.1 Å². The number of aromatic nitrogens is 1. The van der Waals surface area contributed by atoms with E-state index in [1.54, 1.807) is 48.4 Å². The van der Waals surface area contributed by atoms with Crippen molar-refractivity contribution in [3.05, 3.63) is 77.9 Å². The zero-order chi connectivity index (χ0) is 23.0. The molecule has 6 nitrogen and oxygen atoms in total. The van der Waals surface area contributed by atoms with Crippen LogP contribution in [0.2, 0.25) is 0 Å². The van der Waals surface area contributed by atoms with Crippen LogP contribution in [0.3, 0.4) is 0 Å². The second kappa shape index (κ2) is 8.78. The Balaban J connectivity index is 1.36. The van der Waals surface area contributed by atoms with E-state index in [1.165, 1.54) is 16.4 Å². The number of nitriles is 1. The molecule has 1 fully saturated rings. The number of thioether (sulfide) groups is 1. The minimum Gasteiger partial charge on any atom is -0.296 e. The first kappa shape index (κ1) is 21.9. The SMILES string of the molecule is N#Cc1ccc(-c2cncc3c2SCCN3S(=O)(=O)C2CN(Cc3ccc(F)cc3)C2)cc1. The number of sulfonamides is 1. The molecule has 5 rings (SSSR count). The van der Waals surface area contributed by atoms with Gasteiger partial charge < -0.3 is 0 Å². The van der Waals surface area contributed by atoms with Gasteiger partial charge in [0.25, 0.3) is 0 Å². The molecule has 3 aromatic rings. The number of halogens is 1. The Morgan fingerprint density at radius 2 is 1.82 bits per heavy atom. The third-order valence-corrected chi connectivity index (χ3v) is 9.22. The number of hydrogen-bond acceptors (Lipinski definition) is 6. The summed E-state index contributed by atoms with van der Waals surface area (Å²) in [6, 6.07) is 15.6. The highest BCUT2D eigenvalue weighted by atomic mass is 32.2. The first-order valence-electron chi connectivity index (χ1n) is 10.6. The van der Waals surface area contributed by atoms with Crippen molar-refractivity contribution >= 4 is 27.5 Å². The van der Waals surface area contributed by atoms with Gasteiger partial charge in [0.1, 0.15) is 11.1 Å². The molecule has 2 aliphatic rings. The summed E-state index contributed by atoms with van der Waals surface area (Å²) in [5.41, 5.74) is 3.92. The van der Waals surface area contributed by atoms with Crippen LogP contribution in [0.15, 0.2) is 65.8 Å². The summed E-state index contributed by atoms with van der Waals surface area (Å²) >= 11 is 1.63. The molecule has 9 heteroatoms. The van der Waals surface area contributed by atoms with E-state index in [0.717, 1.165) is 21.6 Å². The summed E-state index contributed by atoms with van der Waals surface area (Å²) in [5, 5.41) is 8.57. The fraction of sp³-hybridized carbons (Fsp3) is 0.250. The van der Waals surface area contributed by atoms with Crippen LogP contribution in [0.4, 0.5) is 10.1 Å². The van der Waals surface area contributed by atoms with E-state index in [-0.39, 0.29) is 5.82 Å². The molecular weight excluding hydrogens is 459 g/mol. The smallest absolute Gasteiger partial charge is 0.240 e. The molecule has 0 spiro atoms. The van der Waals surface area contributed by atoms with E-state index >= 15 is 0 Å². The number of rotatable bonds is 5. The third kappa shape index (κ3) is 4.22. The number of benzene rings is 2. The normalized spacial score (nSPS) is 16.7. The zero-order valence-corrected chi connectivity index (χ0v) is 19.3. The zero-order valence-electron chi connectivity index (χ0n) is 17.7. The van der Waals surface area contributed by atoms with Crippen LogP contribution in [0.25, 0.3) is 11.1 Å². The molecular formula is C24H21FN4O2S2. The van der Waals surface area contributed by atoms with Crippen molar-refractivity contribution < 1.29 is 12.8 Å². The van der Waals surface area contributed by atoms with Crippen molar-refractivity contribution in [3.63, 3.8) is 0 Å². The Labute approximate surface area is 196 Å². The van der Waals surface area contributed by atoms with E-state index in [4.69, 9.17) is 5.26 Å². The highest BCUT2D eigenvalue weighted by Crippen LogP contribution is 2.43. The van der Waals surface area contributed by atoms with Gasteiger partial charge in [-0.15, -0.1) is 11.8 Å². The lowest BCUT2D eigenvalue weighted by Gasteiger charge is -2.42. The van der Waals surface area contributed by atoms with Gasteiger partial charge in [0.15, 0.2) is 0 Å². The van der Waals surface area contributed by atoms with Gasteiger partial charge in [0.05, 0.1) is 23.5 Å². The molecule has 0 amide bonds. The Hall–Kier alpha value is -2.93. The molecule has 33 heavy (non-hydrogen) atoms. The minimum absolute atomic E-state index is 0.279. The van der Waals surface area contributed by atoms with Gasteiger partial charge in [-0.25, -0.2) is 12.8 Å². The summed E-state index contributed by atoms with van der Waals surface area (Å²) in [6.45, 7) is 1.90. The lowest BCUT2D eigenvalue weighted by atomic mass is 10.1. The Kier molecular flexibility index (Phi) is 5.83. The number of pyridine rings is 1. The maximum Gasteiger partial charge on any atom is 0.240 e. The molecule has 2 aromatic carbocycles. The Morgan fingerprint density at radius 1 is 1.09 bits per heavy atom. The van der Waals surface area contributed by atoms with Crippen LogP contribution < -0.4 is 4.31 Å². The average molecular weight is 481 g/mol. The van der Waals surface area contributed by atoms with Gasteiger partial charge in [-0.05, 0) is 35.4 Å². The molecule has 168 valence electrons. The summed E-state index contributed by atoms with van der Waals surface area (Å²) in [5.74, 6) is 0.379. The van der Waals surface area contributed by atoms with Crippen LogP contribution in [-0.2, 0) is 16.6 Å². The molecule has 0 bridgehead atoms. The van der Waals surface area contributed by atoms with Gasteiger partial charge in [0.2, 0.25) is 10.0 Å². The van der Waals surface area contributed by atoms with Crippen LogP contribution in [-0.4, -0.2) is 48.9 Å². The van der Waals surface area contributed by atoms with Gasteiger partial charge in [-0.2, -0.15) is 5.26 Å². The summed E-state index contributed by atoms with van der Waals surface area (Å²) < 4.78 is 41.6. The summed E-state index contributed by atoms with van der Waals surface area (Å²) in [6.07, 6.45) is 3.37. The average Bonchev–Trinajstić information content (AvgIpc) is 2.81. The topological polar surface area (TPSA) is 77.3 Å². The van der Waals surface area contributed by atoms with Crippen molar-refractivity contribution in [1.29, 1.82) is 5.26 Å². The van der Waals surface area contributed by atoms with Gasteiger partial charge in [0, 0.05) is 48.6 Å². The monoisotopic (exact) mass is 480 g/mol. The molecule has 0 saturated carbocycles. The second-order valence-corrected chi connectivity index (χ2v) is 11.4. The van der Waals surface area contributed by atoms with Crippen LogP contribution in [0.1, 0.15) is 11.1 Å². The van der Waals surface area contributed by atoms with E-state index in [2.05, 4.69) is 16.0 Å². The van der Waals surface area contributed by atoms with Crippen LogP contribution in [0, 0.1) is 17.1 Å². The molecule has 0 atom stereocenters. The molecule has 0 aliphatic carbocycles. The van der Waals surface area contributed by atoms with Crippen molar-refractivity contribution in [3.8, 4) is 17.2 Å². The van der Waals surface area contributed by atoms with Gasteiger partial charge in [-0.1, -0.05) is 24.3 Å². The number of fused-ring (bicyclic) bond motifs is 1. The maximum absolute atomic E-state index is 13.5. The highest BCUT2D eigenvalue weighted by Gasteiger charge is 2.42. The quantitative estimate of drug-likeness (QED) is 0.552. The first-order valence-corrected chi connectivity index (χ1v) is 13.0. The molecule has 0 unspecified atom stereocenters. The van der Waals surface area contributed by atoms with Crippen molar-refractivity contribution in [2.24, 2.45) is 0 Å². The second-order valence-electron chi connectivity index (χ2n) is 8.13. The van der Waals surface area contributed by atoms with E-state index in [0.29, 0.717) is 43.2 Å². The van der Waals surface area contributed by atoms with E-state index in [9.17, 15) is 12.8 Å². The van der Waals surface area contributed by atoms with Crippen molar-refractivity contribution in [1.82, 2.24) is 9.88 Å². The Bertz CT molecular complexity index is 1320.